The first-order valence-electron chi connectivity index (χ1n) is 5.67. The second kappa shape index (κ2) is 5.47. The fourth-order valence-corrected chi connectivity index (χ4v) is 1.60. The maximum atomic E-state index is 12.8. The minimum absolute atomic E-state index is 0.274. The summed E-state index contributed by atoms with van der Waals surface area (Å²) in [4.78, 5) is 14.9. The molecule has 2 aromatic rings. The van der Waals surface area contributed by atoms with Crippen molar-refractivity contribution < 1.29 is 31.9 Å². The Labute approximate surface area is 117 Å². The van der Waals surface area contributed by atoms with Crippen molar-refractivity contribution in [2.24, 2.45) is 0 Å². The Morgan fingerprint density at radius 1 is 1.19 bits per heavy atom. The molecule has 5 nitrogen and oxygen atoms in total. The molecule has 0 saturated carbocycles. The lowest BCUT2D eigenvalue weighted by molar-refractivity contribution is -0.153. The molecule has 0 fully saturated rings. The van der Waals surface area contributed by atoms with Gasteiger partial charge in [0.1, 0.15) is 5.75 Å². The molecule has 1 aromatic carbocycles. The van der Waals surface area contributed by atoms with Crippen LogP contribution in [0.25, 0.3) is 11.5 Å². The molecule has 0 unspecified atom stereocenters. The fourth-order valence-electron chi connectivity index (χ4n) is 1.60. The molecule has 0 spiro atoms. The van der Waals surface area contributed by atoms with Gasteiger partial charge < -0.3 is 13.9 Å². The highest BCUT2D eigenvalue weighted by atomic mass is 19.4. The van der Waals surface area contributed by atoms with Gasteiger partial charge in [-0.1, -0.05) is 0 Å². The van der Waals surface area contributed by atoms with E-state index in [9.17, 15) is 18.0 Å². The fraction of sp³-hybridized carbons (Fsp3) is 0.231. The molecule has 1 aromatic heterocycles. The van der Waals surface area contributed by atoms with Gasteiger partial charge in [-0.2, -0.15) is 13.2 Å². The average molecular weight is 301 g/mol. The summed E-state index contributed by atoms with van der Waals surface area (Å²) in [5.74, 6) is -2.51. The Bertz CT molecular complexity index is 646. The first-order valence-corrected chi connectivity index (χ1v) is 5.67. The van der Waals surface area contributed by atoms with Gasteiger partial charge in [-0.25, -0.2) is 9.78 Å². The molecule has 0 atom stereocenters. The first-order chi connectivity index (χ1) is 9.86. The SMILES string of the molecule is COC(=O)c1nc(-c2ccc(OC)cc2)oc1C(F)(F)F. The van der Waals surface area contributed by atoms with Gasteiger partial charge in [-0.15, -0.1) is 0 Å². The van der Waals surface area contributed by atoms with E-state index in [1.54, 1.807) is 0 Å². The van der Waals surface area contributed by atoms with Crippen molar-refractivity contribution >= 4 is 5.97 Å². The lowest BCUT2D eigenvalue weighted by Gasteiger charge is -2.03. The van der Waals surface area contributed by atoms with Gasteiger partial charge in [0.05, 0.1) is 14.2 Å². The number of carbonyl (C=O) groups is 1. The van der Waals surface area contributed by atoms with Crippen LogP contribution in [0.3, 0.4) is 0 Å². The molecule has 0 aliphatic carbocycles. The summed E-state index contributed by atoms with van der Waals surface area (Å²) < 4.78 is 52.4. The number of halogens is 3. The van der Waals surface area contributed by atoms with Crippen LogP contribution in [0, 0.1) is 0 Å². The number of hydrogen-bond donors (Lipinski definition) is 0. The zero-order valence-corrected chi connectivity index (χ0v) is 11.0. The predicted octanol–water partition coefficient (Wildman–Crippen LogP) is 3.16. The highest BCUT2D eigenvalue weighted by Gasteiger charge is 2.42. The third kappa shape index (κ3) is 2.99. The number of methoxy groups -OCH3 is 2. The Morgan fingerprint density at radius 3 is 2.29 bits per heavy atom. The molecule has 0 saturated heterocycles. The van der Waals surface area contributed by atoms with Gasteiger partial charge in [0.2, 0.25) is 11.7 Å². The quantitative estimate of drug-likeness (QED) is 0.815. The summed E-state index contributed by atoms with van der Waals surface area (Å²) in [5.41, 5.74) is -0.632. The van der Waals surface area contributed by atoms with Gasteiger partial charge in [-0.3, -0.25) is 0 Å². The number of ether oxygens (including phenoxy) is 2. The Kier molecular flexibility index (Phi) is 3.88. The van der Waals surface area contributed by atoms with Crippen LogP contribution < -0.4 is 4.74 Å². The van der Waals surface area contributed by atoms with Crippen molar-refractivity contribution in [2.75, 3.05) is 14.2 Å². The van der Waals surface area contributed by atoms with E-state index in [0.717, 1.165) is 7.11 Å². The van der Waals surface area contributed by atoms with E-state index in [4.69, 9.17) is 4.74 Å². The number of nitrogens with zero attached hydrogens (tertiary/aromatic N) is 1. The van der Waals surface area contributed by atoms with Crippen molar-refractivity contribution in [3.8, 4) is 17.2 Å². The van der Waals surface area contributed by atoms with E-state index in [1.807, 2.05) is 0 Å². The summed E-state index contributed by atoms with van der Waals surface area (Å²) in [6.07, 6.45) is -4.85. The zero-order valence-electron chi connectivity index (χ0n) is 11.0. The third-order valence-electron chi connectivity index (χ3n) is 2.60. The van der Waals surface area contributed by atoms with Crippen molar-refractivity contribution in [1.82, 2.24) is 4.98 Å². The average Bonchev–Trinajstić information content (AvgIpc) is 2.92. The maximum Gasteiger partial charge on any atom is 0.452 e. The largest absolute Gasteiger partial charge is 0.497 e. The Balaban J connectivity index is 2.50. The van der Waals surface area contributed by atoms with Crippen LogP contribution in [-0.4, -0.2) is 25.2 Å². The van der Waals surface area contributed by atoms with E-state index < -0.39 is 23.6 Å². The van der Waals surface area contributed by atoms with Crippen molar-refractivity contribution in [1.29, 1.82) is 0 Å². The molecule has 8 heteroatoms. The molecule has 21 heavy (non-hydrogen) atoms. The number of rotatable bonds is 3. The van der Waals surface area contributed by atoms with E-state index in [1.165, 1.54) is 31.4 Å². The highest BCUT2D eigenvalue weighted by Crippen LogP contribution is 2.35. The van der Waals surface area contributed by atoms with Crippen molar-refractivity contribution in [3.63, 3.8) is 0 Å². The summed E-state index contributed by atoms with van der Waals surface area (Å²) in [7, 11) is 2.42. The van der Waals surface area contributed by atoms with Crippen LogP contribution in [0.5, 0.6) is 5.75 Å². The molecule has 0 aliphatic rings. The van der Waals surface area contributed by atoms with E-state index in [2.05, 4.69) is 14.1 Å². The third-order valence-corrected chi connectivity index (χ3v) is 2.60. The van der Waals surface area contributed by atoms with E-state index >= 15 is 0 Å². The standard InChI is InChI=1S/C13H10F3NO4/c1-19-8-5-3-7(4-6-8)11-17-9(12(18)20-2)10(21-11)13(14,15)16/h3-6H,1-2H3. The van der Waals surface area contributed by atoms with Gasteiger partial charge >= 0.3 is 12.1 Å². The van der Waals surface area contributed by atoms with Gasteiger partial charge in [-0.05, 0) is 24.3 Å². The lowest BCUT2D eigenvalue weighted by atomic mass is 10.2. The Hall–Kier alpha value is -2.51. The second-order valence-electron chi connectivity index (χ2n) is 3.91. The molecular weight excluding hydrogens is 291 g/mol. The summed E-state index contributed by atoms with van der Waals surface area (Å²) in [6.45, 7) is 0. The number of benzene rings is 1. The second-order valence-corrected chi connectivity index (χ2v) is 3.91. The van der Waals surface area contributed by atoms with Crippen molar-refractivity contribution in [2.45, 2.75) is 6.18 Å². The monoisotopic (exact) mass is 301 g/mol. The zero-order chi connectivity index (χ0) is 15.6. The summed E-state index contributed by atoms with van der Waals surface area (Å²) in [5, 5.41) is 0. The first kappa shape index (κ1) is 14.9. The maximum absolute atomic E-state index is 12.8. The predicted molar refractivity (Wildman–Crippen MR) is 64.8 cm³/mol. The van der Waals surface area contributed by atoms with Crippen LogP contribution >= 0.6 is 0 Å². The van der Waals surface area contributed by atoms with Crippen LogP contribution in [0.2, 0.25) is 0 Å². The molecule has 0 radical (unpaired) electrons. The number of carbonyl (C=O) groups excluding carboxylic acids is 1. The van der Waals surface area contributed by atoms with Crippen molar-refractivity contribution in [3.05, 3.63) is 35.7 Å². The smallest absolute Gasteiger partial charge is 0.452 e. The minimum Gasteiger partial charge on any atom is -0.497 e. The number of hydrogen-bond acceptors (Lipinski definition) is 5. The normalized spacial score (nSPS) is 11.3. The topological polar surface area (TPSA) is 61.6 Å². The molecular formula is C13H10F3NO4. The lowest BCUT2D eigenvalue weighted by Crippen LogP contribution is -2.12. The molecule has 0 amide bonds. The van der Waals surface area contributed by atoms with Crippen LogP contribution in [0.4, 0.5) is 13.2 Å². The molecule has 0 aliphatic heterocycles. The molecule has 1 heterocycles. The number of esters is 1. The number of aromatic nitrogens is 1. The van der Waals surface area contributed by atoms with E-state index in [0.29, 0.717) is 5.75 Å². The van der Waals surface area contributed by atoms with E-state index in [-0.39, 0.29) is 11.5 Å². The van der Waals surface area contributed by atoms with Crippen LogP contribution in [0.1, 0.15) is 16.2 Å². The summed E-state index contributed by atoms with van der Waals surface area (Å²) >= 11 is 0. The number of alkyl halides is 3. The highest BCUT2D eigenvalue weighted by molar-refractivity contribution is 5.89. The number of oxazole rings is 1. The van der Waals surface area contributed by atoms with Gasteiger partial charge in [0.25, 0.3) is 0 Å². The Morgan fingerprint density at radius 2 is 1.81 bits per heavy atom. The molecule has 0 N–H and O–H groups in total. The van der Waals surface area contributed by atoms with Crippen LogP contribution in [0.15, 0.2) is 28.7 Å². The molecule has 2 rings (SSSR count). The van der Waals surface area contributed by atoms with Crippen LogP contribution in [-0.2, 0) is 10.9 Å². The van der Waals surface area contributed by atoms with Gasteiger partial charge in [0.15, 0.2) is 5.69 Å². The van der Waals surface area contributed by atoms with Gasteiger partial charge in [0, 0.05) is 5.56 Å². The summed E-state index contributed by atoms with van der Waals surface area (Å²) in [6, 6.07) is 5.99. The minimum atomic E-state index is -4.85. The molecule has 112 valence electrons. The molecule has 0 bridgehead atoms.